The summed E-state index contributed by atoms with van der Waals surface area (Å²) in [5.41, 5.74) is 6.00. The molecular formula is C40H42F4N2O5. The maximum absolute atomic E-state index is 15.7. The van der Waals surface area contributed by atoms with Gasteiger partial charge >= 0.3 is 12.3 Å². The Hall–Kier alpha value is -5.19. The summed E-state index contributed by atoms with van der Waals surface area (Å²) < 4.78 is 63.3. The van der Waals surface area contributed by atoms with Crippen molar-refractivity contribution in [2.24, 2.45) is 0 Å². The molecule has 0 heterocycles. The van der Waals surface area contributed by atoms with E-state index in [0.717, 1.165) is 34.4 Å². The van der Waals surface area contributed by atoms with Crippen molar-refractivity contribution in [2.75, 3.05) is 18.5 Å². The number of ether oxygens (including phenoxy) is 2. The Morgan fingerprint density at radius 3 is 2.02 bits per heavy atom. The molecular weight excluding hydrogens is 664 g/mol. The molecule has 0 aliphatic carbocycles. The molecule has 0 bridgehead atoms. The highest BCUT2D eigenvalue weighted by molar-refractivity contribution is 5.97. The number of benzene rings is 4. The molecule has 0 saturated heterocycles. The predicted molar refractivity (Wildman–Crippen MR) is 188 cm³/mol. The summed E-state index contributed by atoms with van der Waals surface area (Å²) in [6.45, 7) is 9.86. The highest BCUT2D eigenvalue weighted by Crippen LogP contribution is 2.39. The molecule has 2 amide bonds. The first-order valence-electron chi connectivity index (χ1n) is 16.8. The second-order valence-corrected chi connectivity index (χ2v) is 12.4. The van der Waals surface area contributed by atoms with Gasteiger partial charge in [-0.05, 0) is 110 Å². The van der Waals surface area contributed by atoms with E-state index in [2.05, 4.69) is 15.4 Å². The highest BCUT2D eigenvalue weighted by atomic mass is 19.4. The van der Waals surface area contributed by atoms with E-state index in [1.807, 2.05) is 39.8 Å². The van der Waals surface area contributed by atoms with Gasteiger partial charge in [-0.25, -0.2) is 4.39 Å². The smallest absolute Gasteiger partial charge is 0.466 e. The normalized spacial score (nSPS) is 12.5. The summed E-state index contributed by atoms with van der Waals surface area (Å²) in [6.07, 6.45) is -3.75. The highest BCUT2D eigenvalue weighted by Gasteiger charge is 2.33. The van der Waals surface area contributed by atoms with E-state index in [4.69, 9.17) is 4.74 Å². The summed E-state index contributed by atoms with van der Waals surface area (Å²) in [5.74, 6) is -3.95. The Kier molecular flexibility index (Phi) is 13.0. The van der Waals surface area contributed by atoms with E-state index >= 15 is 4.39 Å². The van der Waals surface area contributed by atoms with Crippen molar-refractivity contribution in [1.82, 2.24) is 5.32 Å². The van der Waals surface area contributed by atoms with Crippen molar-refractivity contribution in [3.8, 4) is 16.9 Å². The average molecular weight is 707 g/mol. The fourth-order valence-corrected chi connectivity index (χ4v) is 6.39. The molecule has 2 N–H and O–H groups in total. The average Bonchev–Trinajstić information content (AvgIpc) is 3.05. The van der Waals surface area contributed by atoms with Crippen molar-refractivity contribution in [3.05, 3.63) is 118 Å². The Balaban J connectivity index is 1.65. The minimum atomic E-state index is -4.89. The van der Waals surface area contributed by atoms with Gasteiger partial charge in [0.2, 0.25) is 5.91 Å². The number of aryl methyl sites for hydroxylation is 3. The molecule has 4 rings (SSSR count). The molecule has 0 unspecified atom stereocenters. The van der Waals surface area contributed by atoms with Gasteiger partial charge in [0.1, 0.15) is 11.6 Å². The van der Waals surface area contributed by atoms with Crippen LogP contribution in [0, 0.1) is 26.6 Å². The van der Waals surface area contributed by atoms with Crippen LogP contribution in [0.4, 0.5) is 23.2 Å². The van der Waals surface area contributed by atoms with E-state index in [1.54, 1.807) is 37.3 Å². The third-order valence-electron chi connectivity index (χ3n) is 8.47. The number of carbonyl (C=O) groups excluding carboxylic acids is 3. The van der Waals surface area contributed by atoms with Gasteiger partial charge in [-0.15, -0.1) is 13.2 Å². The quantitative estimate of drug-likeness (QED) is 0.101. The number of nitrogens with one attached hydrogen (secondary N) is 2. The van der Waals surface area contributed by atoms with Crippen LogP contribution in [-0.4, -0.2) is 37.3 Å². The topological polar surface area (TPSA) is 93.7 Å². The molecule has 0 spiro atoms. The maximum atomic E-state index is 15.7. The van der Waals surface area contributed by atoms with E-state index in [1.165, 1.54) is 24.3 Å². The van der Waals surface area contributed by atoms with Crippen LogP contribution in [0.2, 0.25) is 0 Å². The van der Waals surface area contributed by atoms with Crippen LogP contribution >= 0.6 is 0 Å². The zero-order valence-electron chi connectivity index (χ0n) is 29.2. The van der Waals surface area contributed by atoms with Gasteiger partial charge in [0.25, 0.3) is 5.91 Å². The monoisotopic (exact) mass is 706 g/mol. The Bertz CT molecular complexity index is 1820. The van der Waals surface area contributed by atoms with Crippen LogP contribution in [0.3, 0.4) is 0 Å². The van der Waals surface area contributed by atoms with Crippen molar-refractivity contribution >= 4 is 23.5 Å². The molecule has 0 fully saturated rings. The lowest BCUT2D eigenvalue weighted by atomic mass is 9.78. The zero-order valence-corrected chi connectivity index (χ0v) is 29.2. The molecule has 270 valence electrons. The standard InChI is InChI=1S/C40H42F4N2O5/c1-6-8-32(27-9-11-29(12-10-27)38(48)45-20-19-35(47)50-7-2)37(28-13-16-31(17-14-28)51-40(42,43)44)39(49)46-34-18-15-30(23-33(34)41)36-25(4)21-24(3)22-26(36)5/h9-18,21-23,32,37H,6-8,19-20H2,1-5H3,(H,45,48)(H,46,49)/t32-,37-/m0/s1. The lowest BCUT2D eigenvalue weighted by Gasteiger charge is -2.28. The van der Waals surface area contributed by atoms with Crippen LogP contribution in [0.5, 0.6) is 5.75 Å². The van der Waals surface area contributed by atoms with E-state index in [-0.39, 0.29) is 25.3 Å². The van der Waals surface area contributed by atoms with Gasteiger partial charge < -0.3 is 20.1 Å². The summed E-state index contributed by atoms with van der Waals surface area (Å²) in [5, 5.41) is 5.41. The van der Waals surface area contributed by atoms with Crippen LogP contribution in [0.25, 0.3) is 11.1 Å². The number of alkyl halides is 3. The zero-order chi connectivity index (χ0) is 37.3. The molecule has 51 heavy (non-hydrogen) atoms. The van der Waals surface area contributed by atoms with Gasteiger partial charge in [0.15, 0.2) is 0 Å². The number of anilines is 1. The first-order valence-corrected chi connectivity index (χ1v) is 16.8. The molecule has 2 atom stereocenters. The number of halogens is 4. The van der Waals surface area contributed by atoms with E-state index in [9.17, 15) is 27.6 Å². The molecule has 0 aromatic heterocycles. The first kappa shape index (κ1) is 38.6. The molecule has 0 aliphatic heterocycles. The minimum Gasteiger partial charge on any atom is -0.466 e. The Morgan fingerprint density at radius 2 is 1.45 bits per heavy atom. The number of carbonyl (C=O) groups is 3. The summed E-state index contributed by atoms with van der Waals surface area (Å²) in [6, 6.07) is 20.3. The minimum absolute atomic E-state index is 0.0222. The molecule has 0 aliphatic rings. The van der Waals surface area contributed by atoms with E-state index < -0.39 is 47.5 Å². The lowest BCUT2D eigenvalue weighted by molar-refractivity contribution is -0.274. The first-order chi connectivity index (χ1) is 24.2. The lowest BCUT2D eigenvalue weighted by Crippen LogP contribution is -2.28. The number of amides is 2. The Morgan fingerprint density at radius 1 is 0.824 bits per heavy atom. The largest absolute Gasteiger partial charge is 0.573 e. The second-order valence-electron chi connectivity index (χ2n) is 12.4. The molecule has 4 aromatic rings. The maximum Gasteiger partial charge on any atom is 0.573 e. The number of rotatable bonds is 14. The fraction of sp³-hybridized carbons (Fsp3) is 0.325. The molecule has 4 aromatic carbocycles. The second kappa shape index (κ2) is 17.2. The van der Waals surface area contributed by atoms with Gasteiger partial charge in [-0.1, -0.05) is 61.4 Å². The SMILES string of the molecule is CCC[C@@H](c1ccc(C(=O)NCCC(=O)OCC)cc1)[C@@H](C(=O)Nc1ccc(-c2c(C)cc(C)cc2C)cc1F)c1ccc(OC(F)(F)F)cc1. The number of esters is 1. The van der Waals surface area contributed by atoms with Gasteiger partial charge in [0.05, 0.1) is 24.6 Å². The molecule has 11 heteroatoms. The van der Waals surface area contributed by atoms with Crippen molar-refractivity contribution in [1.29, 1.82) is 0 Å². The third kappa shape index (κ3) is 10.4. The third-order valence-corrected chi connectivity index (χ3v) is 8.47. The summed E-state index contributed by atoms with van der Waals surface area (Å²) in [4.78, 5) is 38.5. The fourth-order valence-electron chi connectivity index (χ4n) is 6.39. The molecule has 0 radical (unpaired) electrons. The van der Waals surface area contributed by atoms with Gasteiger partial charge in [0, 0.05) is 12.1 Å². The van der Waals surface area contributed by atoms with Crippen LogP contribution < -0.4 is 15.4 Å². The van der Waals surface area contributed by atoms with E-state index in [0.29, 0.717) is 35.1 Å². The molecule has 0 saturated carbocycles. The van der Waals surface area contributed by atoms with Crippen molar-refractivity contribution < 1.29 is 41.4 Å². The summed E-state index contributed by atoms with van der Waals surface area (Å²) >= 11 is 0. The molecule has 7 nitrogen and oxygen atoms in total. The predicted octanol–water partition coefficient (Wildman–Crippen LogP) is 9.31. The number of hydrogen-bond donors (Lipinski definition) is 2. The van der Waals surface area contributed by atoms with Crippen molar-refractivity contribution in [2.45, 2.75) is 72.1 Å². The number of hydrogen-bond acceptors (Lipinski definition) is 5. The van der Waals surface area contributed by atoms with Crippen LogP contribution in [0.15, 0.2) is 78.9 Å². The summed E-state index contributed by atoms with van der Waals surface area (Å²) in [7, 11) is 0. The van der Waals surface area contributed by atoms with Crippen LogP contribution in [0.1, 0.15) is 83.1 Å². The van der Waals surface area contributed by atoms with Crippen molar-refractivity contribution in [3.63, 3.8) is 0 Å². The Labute approximate surface area is 295 Å². The van der Waals surface area contributed by atoms with Gasteiger partial charge in [-0.2, -0.15) is 0 Å². The van der Waals surface area contributed by atoms with Gasteiger partial charge in [-0.3, -0.25) is 14.4 Å². The van der Waals surface area contributed by atoms with Crippen LogP contribution in [-0.2, 0) is 14.3 Å².